The van der Waals surface area contributed by atoms with Crippen molar-refractivity contribution in [3.05, 3.63) is 55.1 Å². The molecule has 2 aromatic carbocycles. The van der Waals surface area contributed by atoms with Crippen molar-refractivity contribution in [3.63, 3.8) is 0 Å². The Labute approximate surface area is 140 Å². The topological polar surface area (TPSA) is 55.1 Å². The summed E-state index contributed by atoms with van der Waals surface area (Å²) in [6, 6.07) is 7.42. The number of hydrogen-bond acceptors (Lipinski definition) is 2. The molecule has 0 atom stereocenters. The third-order valence-electron chi connectivity index (χ3n) is 2.48. The summed E-state index contributed by atoms with van der Waals surface area (Å²) in [5, 5.41) is 2.74. The lowest BCUT2D eigenvalue weighted by Crippen LogP contribution is -2.13. The number of nitrogens with two attached hydrogens (primary N) is 1. The molecular weight excluding hydrogens is 459 g/mol. The van der Waals surface area contributed by atoms with Gasteiger partial charge in [0.2, 0.25) is 0 Å². The zero-order valence-electron chi connectivity index (χ0n) is 9.88. The van der Waals surface area contributed by atoms with Crippen molar-refractivity contribution in [1.82, 2.24) is 0 Å². The molecule has 0 aromatic heterocycles. The summed E-state index contributed by atoms with van der Waals surface area (Å²) in [5.41, 5.74) is 7.15. The highest BCUT2D eigenvalue weighted by Crippen LogP contribution is 2.33. The summed E-state index contributed by atoms with van der Waals surface area (Å²) in [6.07, 6.45) is 0. The molecule has 0 radical (unpaired) electrons. The SMILES string of the molecule is Nc1cc(Br)c(NC(=O)c2ccc(F)c(Br)c2)c(Br)c1. The molecule has 2 rings (SSSR count). The zero-order valence-corrected chi connectivity index (χ0v) is 14.6. The van der Waals surface area contributed by atoms with E-state index in [4.69, 9.17) is 5.73 Å². The number of rotatable bonds is 2. The second kappa shape index (κ2) is 6.24. The number of anilines is 2. The summed E-state index contributed by atoms with van der Waals surface area (Å²) >= 11 is 9.71. The van der Waals surface area contributed by atoms with Gasteiger partial charge in [-0.25, -0.2) is 4.39 Å². The maximum atomic E-state index is 13.2. The highest BCUT2D eigenvalue weighted by Gasteiger charge is 2.13. The predicted octanol–water partition coefficient (Wildman–Crippen LogP) is 4.95. The Balaban J connectivity index is 2.30. The number of halogens is 4. The first-order valence-corrected chi connectivity index (χ1v) is 7.77. The van der Waals surface area contributed by atoms with E-state index >= 15 is 0 Å². The average molecular weight is 467 g/mol. The second-order valence-electron chi connectivity index (χ2n) is 3.94. The molecule has 0 spiro atoms. The predicted molar refractivity (Wildman–Crippen MR) is 88.3 cm³/mol. The molecule has 104 valence electrons. The van der Waals surface area contributed by atoms with Gasteiger partial charge in [0.05, 0.1) is 10.2 Å². The Bertz CT molecular complexity index is 668. The molecule has 0 aliphatic carbocycles. The molecule has 20 heavy (non-hydrogen) atoms. The van der Waals surface area contributed by atoms with Crippen LogP contribution in [0.3, 0.4) is 0 Å². The van der Waals surface area contributed by atoms with Crippen LogP contribution >= 0.6 is 47.8 Å². The Kier molecular flexibility index (Phi) is 4.82. The molecule has 0 saturated carbocycles. The van der Waals surface area contributed by atoms with Crippen molar-refractivity contribution in [2.75, 3.05) is 11.1 Å². The number of hydrogen-bond donors (Lipinski definition) is 2. The maximum Gasteiger partial charge on any atom is 0.255 e. The first-order chi connectivity index (χ1) is 9.38. The van der Waals surface area contributed by atoms with Crippen LogP contribution in [0.25, 0.3) is 0 Å². The quantitative estimate of drug-likeness (QED) is 0.615. The monoisotopic (exact) mass is 464 g/mol. The fourth-order valence-electron chi connectivity index (χ4n) is 1.54. The van der Waals surface area contributed by atoms with Crippen LogP contribution in [0.2, 0.25) is 0 Å². The van der Waals surface area contributed by atoms with Gasteiger partial charge in [0, 0.05) is 20.2 Å². The minimum atomic E-state index is -0.420. The minimum absolute atomic E-state index is 0.237. The van der Waals surface area contributed by atoms with Gasteiger partial charge in [-0.1, -0.05) is 0 Å². The normalized spacial score (nSPS) is 10.4. The van der Waals surface area contributed by atoms with Crippen molar-refractivity contribution < 1.29 is 9.18 Å². The molecule has 3 nitrogen and oxygen atoms in total. The first kappa shape index (κ1) is 15.5. The highest BCUT2D eigenvalue weighted by atomic mass is 79.9. The van der Waals surface area contributed by atoms with E-state index in [0.29, 0.717) is 25.9 Å². The molecule has 0 saturated heterocycles. The van der Waals surface area contributed by atoms with Crippen LogP contribution in [-0.2, 0) is 0 Å². The summed E-state index contributed by atoms with van der Waals surface area (Å²) in [6.45, 7) is 0. The molecule has 0 heterocycles. The summed E-state index contributed by atoms with van der Waals surface area (Å²) in [5.74, 6) is -0.770. The molecule has 7 heteroatoms. The van der Waals surface area contributed by atoms with Crippen molar-refractivity contribution in [1.29, 1.82) is 0 Å². The molecular formula is C13H8Br3FN2O. The van der Waals surface area contributed by atoms with Gasteiger partial charge < -0.3 is 11.1 Å². The molecule has 0 aliphatic heterocycles. The van der Waals surface area contributed by atoms with Gasteiger partial charge in [-0.05, 0) is 78.1 Å². The van der Waals surface area contributed by atoms with Crippen molar-refractivity contribution >= 4 is 65.1 Å². The lowest BCUT2D eigenvalue weighted by atomic mass is 10.2. The van der Waals surface area contributed by atoms with E-state index in [1.807, 2.05) is 0 Å². The third kappa shape index (κ3) is 3.39. The molecule has 2 aromatic rings. The lowest BCUT2D eigenvalue weighted by molar-refractivity contribution is 0.102. The molecule has 0 aliphatic rings. The van der Waals surface area contributed by atoms with E-state index in [2.05, 4.69) is 53.1 Å². The third-order valence-corrected chi connectivity index (χ3v) is 4.34. The Hall–Kier alpha value is -0.920. The number of nitrogens with one attached hydrogen (secondary N) is 1. The van der Waals surface area contributed by atoms with Crippen LogP contribution < -0.4 is 11.1 Å². The van der Waals surface area contributed by atoms with E-state index in [1.165, 1.54) is 18.2 Å². The van der Waals surface area contributed by atoms with Crippen molar-refractivity contribution in [3.8, 4) is 0 Å². The number of benzene rings is 2. The summed E-state index contributed by atoms with van der Waals surface area (Å²) in [4.78, 5) is 12.1. The number of amides is 1. The number of nitrogen functional groups attached to an aromatic ring is 1. The molecule has 0 bridgehead atoms. The first-order valence-electron chi connectivity index (χ1n) is 5.39. The largest absolute Gasteiger partial charge is 0.399 e. The van der Waals surface area contributed by atoms with Crippen molar-refractivity contribution in [2.45, 2.75) is 0 Å². The molecule has 0 fully saturated rings. The van der Waals surface area contributed by atoms with E-state index in [9.17, 15) is 9.18 Å². The zero-order chi connectivity index (χ0) is 14.9. The molecule has 0 unspecified atom stereocenters. The number of carbonyl (C=O) groups excluding carboxylic acids is 1. The fraction of sp³-hybridized carbons (Fsp3) is 0. The minimum Gasteiger partial charge on any atom is -0.399 e. The van der Waals surface area contributed by atoms with Gasteiger partial charge in [-0.2, -0.15) is 0 Å². The van der Waals surface area contributed by atoms with E-state index in [1.54, 1.807) is 12.1 Å². The highest BCUT2D eigenvalue weighted by molar-refractivity contribution is 9.11. The average Bonchev–Trinajstić information content (AvgIpc) is 2.36. The Morgan fingerprint density at radius 1 is 1.05 bits per heavy atom. The van der Waals surface area contributed by atoms with Gasteiger partial charge in [0.25, 0.3) is 5.91 Å². The van der Waals surface area contributed by atoms with Crippen LogP contribution in [-0.4, -0.2) is 5.91 Å². The van der Waals surface area contributed by atoms with Crippen LogP contribution in [0.4, 0.5) is 15.8 Å². The Morgan fingerprint density at radius 3 is 2.20 bits per heavy atom. The smallest absolute Gasteiger partial charge is 0.255 e. The lowest BCUT2D eigenvalue weighted by Gasteiger charge is -2.11. The van der Waals surface area contributed by atoms with Crippen LogP contribution in [0.15, 0.2) is 43.7 Å². The van der Waals surface area contributed by atoms with Gasteiger partial charge in [-0.3, -0.25) is 4.79 Å². The second-order valence-corrected chi connectivity index (χ2v) is 6.51. The van der Waals surface area contributed by atoms with Gasteiger partial charge in [-0.15, -0.1) is 0 Å². The van der Waals surface area contributed by atoms with E-state index < -0.39 is 5.82 Å². The maximum absolute atomic E-state index is 13.2. The molecule has 1 amide bonds. The summed E-state index contributed by atoms with van der Waals surface area (Å²) < 4.78 is 14.7. The van der Waals surface area contributed by atoms with E-state index in [-0.39, 0.29) is 10.4 Å². The van der Waals surface area contributed by atoms with E-state index in [0.717, 1.165) is 0 Å². The van der Waals surface area contributed by atoms with Crippen molar-refractivity contribution in [2.24, 2.45) is 0 Å². The fourth-order valence-corrected chi connectivity index (χ4v) is 3.33. The Morgan fingerprint density at radius 2 is 1.65 bits per heavy atom. The van der Waals surface area contributed by atoms with Gasteiger partial charge >= 0.3 is 0 Å². The van der Waals surface area contributed by atoms with Gasteiger partial charge in [0.15, 0.2) is 0 Å². The van der Waals surface area contributed by atoms with Crippen LogP contribution in [0, 0.1) is 5.82 Å². The molecule has 3 N–H and O–H groups in total. The summed E-state index contributed by atoms with van der Waals surface area (Å²) in [7, 11) is 0. The van der Waals surface area contributed by atoms with Gasteiger partial charge in [0.1, 0.15) is 5.82 Å². The number of carbonyl (C=O) groups is 1. The van der Waals surface area contributed by atoms with Crippen LogP contribution in [0.1, 0.15) is 10.4 Å². The van der Waals surface area contributed by atoms with Crippen LogP contribution in [0.5, 0.6) is 0 Å². The standard InChI is InChI=1S/C13H8Br3FN2O/c14-8-3-6(1-2-11(8)17)13(20)19-12-9(15)4-7(18)5-10(12)16/h1-5H,18H2,(H,19,20).